The zero-order valence-electron chi connectivity index (χ0n) is 13.7. The first-order chi connectivity index (χ1) is 11.2. The largest absolute Gasteiger partial charge is 0.494 e. The number of piperidine rings is 1. The van der Waals surface area contributed by atoms with E-state index in [1.807, 2.05) is 12.1 Å². The van der Waals surface area contributed by atoms with Crippen molar-refractivity contribution in [3.63, 3.8) is 0 Å². The lowest BCUT2D eigenvalue weighted by Crippen LogP contribution is -2.44. The van der Waals surface area contributed by atoms with Gasteiger partial charge in [-0.1, -0.05) is 13.3 Å². The molecule has 1 aromatic carbocycles. The summed E-state index contributed by atoms with van der Waals surface area (Å²) in [5.74, 6) is 0.578. The molecule has 0 unspecified atom stereocenters. The first-order valence-electron chi connectivity index (χ1n) is 8.54. The number of hydrogen-bond donors (Lipinski definition) is 0. The average molecular weight is 316 g/mol. The predicted molar refractivity (Wildman–Crippen MR) is 88.6 cm³/mol. The van der Waals surface area contributed by atoms with Crippen LogP contribution in [-0.4, -0.2) is 42.5 Å². The van der Waals surface area contributed by atoms with Gasteiger partial charge in [-0.05, 0) is 56.6 Å². The second-order valence-electron chi connectivity index (χ2n) is 6.23. The third kappa shape index (κ3) is 3.39. The summed E-state index contributed by atoms with van der Waals surface area (Å²) >= 11 is 0. The van der Waals surface area contributed by atoms with Gasteiger partial charge in [-0.3, -0.25) is 14.5 Å². The highest BCUT2D eigenvalue weighted by Crippen LogP contribution is 2.28. The summed E-state index contributed by atoms with van der Waals surface area (Å²) in [6.45, 7) is 4.55. The molecule has 0 aromatic heterocycles. The van der Waals surface area contributed by atoms with Crippen molar-refractivity contribution in [1.82, 2.24) is 4.90 Å². The Morgan fingerprint density at radius 2 is 1.78 bits per heavy atom. The van der Waals surface area contributed by atoms with Crippen molar-refractivity contribution in [3.05, 3.63) is 24.3 Å². The van der Waals surface area contributed by atoms with E-state index in [1.165, 1.54) is 11.3 Å². The highest BCUT2D eigenvalue weighted by molar-refractivity contribution is 6.22. The zero-order chi connectivity index (χ0) is 16.2. The van der Waals surface area contributed by atoms with Crippen LogP contribution in [0.4, 0.5) is 5.69 Å². The maximum Gasteiger partial charge on any atom is 0.251 e. The van der Waals surface area contributed by atoms with Gasteiger partial charge in [-0.2, -0.15) is 0 Å². The monoisotopic (exact) mass is 316 g/mol. The van der Waals surface area contributed by atoms with Crippen molar-refractivity contribution in [2.75, 3.05) is 24.6 Å². The van der Waals surface area contributed by atoms with Crippen LogP contribution in [-0.2, 0) is 9.59 Å². The van der Waals surface area contributed by atoms with Gasteiger partial charge >= 0.3 is 0 Å². The Hall–Kier alpha value is -1.88. The number of imide groups is 1. The van der Waals surface area contributed by atoms with Crippen molar-refractivity contribution < 1.29 is 14.3 Å². The van der Waals surface area contributed by atoms with E-state index in [9.17, 15) is 9.59 Å². The SMILES string of the molecule is CCCOc1ccc(N2C(=O)C[C@H](N3CCCCC3)C2=O)cc1. The van der Waals surface area contributed by atoms with Crippen LogP contribution < -0.4 is 9.64 Å². The molecule has 0 N–H and O–H groups in total. The third-order valence-corrected chi connectivity index (χ3v) is 4.52. The summed E-state index contributed by atoms with van der Waals surface area (Å²) in [6.07, 6.45) is 4.69. The number of amides is 2. The molecule has 0 aliphatic carbocycles. The molecule has 1 atom stereocenters. The van der Waals surface area contributed by atoms with Crippen LogP contribution in [0.25, 0.3) is 0 Å². The van der Waals surface area contributed by atoms with Crippen LogP contribution in [0, 0.1) is 0 Å². The van der Waals surface area contributed by atoms with Gasteiger partial charge < -0.3 is 4.74 Å². The summed E-state index contributed by atoms with van der Waals surface area (Å²) in [5.41, 5.74) is 0.642. The van der Waals surface area contributed by atoms with Crippen LogP contribution in [0.15, 0.2) is 24.3 Å². The minimum Gasteiger partial charge on any atom is -0.494 e. The van der Waals surface area contributed by atoms with Gasteiger partial charge in [0.25, 0.3) is 5.91 Å². The number of ether oxygens (including phenoxy) is 1. The minimum atomic E-state index is -0.279. The van der Waals surface area contributed by atoms with Crippen molar-refractivity contribution in [1.29, 1.82) is 0 Å². The lowest BCUT2D eigenvalue weighted by atomic mass is 10.1. The minimum absolute atomic E-state index is 0.0841. The smallest absolute Gasteiger partial charge is 0.251 e. The summed E-state index contributed by atoms with van der Waals surface area (Å²) < 4.78 is 5.55. The molecule has 2 aliphatic heterocycles. The molecule has 23 heavy (non-hydrogen) atoms. The number of likely N-dealkylation sites (tertiary alicyclic amines) is 1. The van der Waals surface area contributed by atoms with Gasteiger partial charge in [0.05, 0.1) is 24.8 Å². The van der Waals surface area contributed by atoms with E-state index in [0.717, 1.165) is 38.1 Å². The van der Waals surface area contributed by atoms with E-state index in [4.69, 9.17) is 4.74 Å². The van der Waals surface area contributed by atoms with Gasteiger partial charge in [0.1, 0.15) is 5.75 Å². The molecule has 0 spiro atoms. The molecule has 5 nitrogen and oxygen atoms in total. The fourth-order valence-corrected chi connectivity index (χ4v) is 3.31. The van der Waals surface area contributed by atoms with Crippen molar-refractivity contribution in [3.8, 4) is 5.75 Å². The number of nitrogens with zero attached hydrogens (tertiary/aromatic N) is 2. The van der Waals surface area contributed by atoms with E-state index in [0.29, 0.717) is 18.7 Å². The van der Waals surface area contributed by atoms with E-state index < -0.39 is 0 Å². The summed E-state index contributed by atoms with van der Waals surface area (Å²) in [4.78, 5) is 28.6. The molecule has 0 radical (unpaired) electrons. The molecule has 0 saturated carbocycles. The van der Waals surface area contributed by atoms with Crippen molar-refractivity contribution >= 4 is 17.5 Å². The molecular weight excluding hydrogens is 292 g/mol. The molecule has 0 bridgehead atoms. The second kappa shape index (κ2) is 7.13. The molecule has 2 fully saturated rings. The van der Waals surface area contributed by atoms with E-state index in [2.05, 4.69) is 11.8 Å². The molecular formula is C18H24N2O3. The fraction of sp³-hybridized carbons (Fsp3) is 0.556. The van der Waals surface area contributed by atoms with Crippen molar-refractivity contribution in [2.45, 2.75) is 45.1 Å². The van der Waals surface area contributed by atoms with Crippen LogP contribution in [0.5, 0.6) is 5.75 Å². The maximum atomic E-state index is 12.7. The number of benzene rings is 1. The third-order valence-electron chi connectivity index (χ3n) is 4.52. The average Bonchev–Trinajstić information content (AvgIpc) is 2.89. The maximum absolute atomic E-state index is 12.7. The van der Waals surface area contributed by atoms with Gasteiger partial charge in [-0.15, -0.1) is 0 Å². The molecule has 2 heterocycles. The zero-order valence-corrected chi connectivity index (χ0v) is 13.7. The van der Waals surface area contributed by atoms with Crippen LogP contribution in [0.1, 0.15) is 39.0 Å². The first-order valence-corrected chi connectivity index (χ1v) is 8.54. The molecule has 2 saturated heterocycles. The highest BCUT2D eigenvalue weighted by Gasteiger charge is 2.42. The first kappa shape index (κ1) is 16.0. The molecule has 5 heteroatoms. The highest BCUT2D eigenvalue weighted by atomic mass is 16.5. The Bertz CT molecular complexity index is 564. The second-order valence-corrected chi connectivity index (χ2v) is 6.23. The number of anilines is 1. The topological polar surface area (TPSA) is 49.9 Å². The Morgan fingerprint density at radius 3 is 2.43 bits per heavy atom. The van der Waals surface area contributed by atoms with Gasteiger partial charge in [0, 0.05) is 0 Å². The lowest BCUT2D eigenvalue weighted by molar-refractivity contribution is -0.123. The standard InChI is InChI=1S/C18H24N2O3/c1-2-12-23-15-8-6-14(7-9-15)20-17(21)13-16(18(20)22)19-10-4-3-5-11-19/h6-9,16H,2-5,10-13H2,1H3/t16-/m0/s1. The fourth-order valence-electron chi connectivity index (χ4n) is 3.31. The lowest BCUT2D eigenvalue weighted by Gasteiger charge is -2.30. The normalized spacial score (nSPS) is 22.7. The number of carbonyl (C=O) groups excluding carboxylic acids is 2. The quantitative estimate of drug-likeness (QED) is 0.784. The number of carbonyl (C=O) groups is 2. The number of rotatable bonds is 5. The van der Waals surface area contributed by atoms with Crippen LogP contribution >= 0.6 is 0 Å². The summed E-state index contributed by atoms with van der Waals surface area (Å²) in [5, 5.41) is 0. The van der Waals surface area contributed by atoms with Crippen LogP contribution in [0.2, 0.25) is 0 Å². The van der Waals surface area contributed by atoms with Crippen LogP contribution in [0.3, 0.4) is 0 Å². The molecule has 2 amide bonds. The van der Waals surface area contributed by atoms with Gasteiger partial charge in [0.2, 0.25) is 5.91 Å². The molecule has 2 aliphatic rings. The van der Waals surface area contributed by atoms with Gasteiger partial charge in [0.15, 0.2) is 0 Å². The Balaban J connectivity index is 1.71. The van der Waals surface area contributed by atoms with E-state index in [-0.39, 0.29) is 17.9 Å². The van der Waals surface area contributed by atoms with E-state index >= 15 is 0 Å². The molecule has 124 valence electrons. The molecule has 1 aromatic rings. The van der Waals surface area contributed by atoms with Gasteiger partial charge in [-0.25, -0.2) is 4.90 Å². The predicted octanol–water partition coefficient (Wildman–Crippen LogP) is 2.59. The molecule has 3 rings (SSSR count). The van der Waals surface area contributed by atoms with Crippen molar-refractivity contribution in [2.24, 2.45) is 0 Å². The Labute approximate surface area is 137 Å². The Kier molecular flexibility index (Phi) is 4.96. The summed E-state index contributed by atoms with van der Waals surface area (Å²) in [6, 6.07) is 6.94. The Morgan fingerprint density at radius 1 is 1.09 bits per heavy atom. The summed E-state index contributed by atoms with van der Waals surface area (Å²) in [7, 11) is 0. The number of hydrogen-bond acceptors (Lipinski definition) is 4. The van der Waals surface area contributed by atoms with E-state index in [1.54, 1.807) is 12.1 Å².